The van der Waals surface area contributed by atoms with E-state index in [-0.39, 0.29) is 30.8 Å². The molecule has 1 aliphatic rings. The summed E-state index contributed by atoms with van der Waals surface area (Å²) in [4.78, 5) is 15.9. The Morgan fingerprint density at radius 3 is 2.67 bits per heavy atom. The van der Waals surface area contributed by atoms with E-state index in [1.807, 2.05) is 4.90 Å². The Labute approximate surface area is 172 Å². The predicted molar refractivity (Wildman–Crippen MR) is 105 cm³/mol. The largest absolute Gasteiger partial charge is 0.491 e. The average molecular weight is 411 g/mol. The molecule has 2 heterocycles. The van der Waals surface area contributed by atoms with Gasteiger partial charge in [-0.1, -0.05) is 12.1 Å². The molecule has 30 heavy (non-hydrogen) atoms. The van der Waals surface area contributed by atoms with Gasteiger partial charge in [0.25, 0.3) is 5.91 Å². The van der Waals surface area contributed by atoms with E-state index in [4.69, 9.17) is 4.74 Å². The van der Waals surface area contributed by atoms with Gasteiger partial charge in [0.1, 0.15) is 24.3 Å². The zero-order valence-electron chi connectivity index (χ0n) is 16.3. The van der Waals surface area contributed by atoms with Gasteiger partial charge in [-0.3, -0.25) is 4.79 Å². The van der Waals surface area contributed by atoms with Crippen LogP contribution >= 0.6 is 0 Å². The number of hydrogen-bond donors (Lipinski definition) is 1. The second kappa shape index (κ2) is 9.00. The molecule has 156 valence electrons. The minimum Gasteiger partial charge on any atom is -0.491 e. The van der Waals surface area contributed by atoms with Gasteiger partial charge in [-0.2, -0.15) is 4.80 Å². The third-order valence-electron chi connectivity index (χ3n) is 5.13. The van der Waals surface area contributed by atoms with Crippen LogP contribution in [0, 0.1) is 5.82 Å². The lowest BCUT2D eigenvalue weighted by molar-refractivity contribution is 0.0788. The summed E-state index contributed by atoms with van der Waals surface area (Å²) in [6.07, 6.45) is 1.37. The standard InChI is InChI=1S/C21H22FN5O3/c22-18-5-1-15(2-6-18)17-9-10-26(11-17)21(29)16-3-7-20(8-4-16)30-13-19(28)12-27-24-14-23-25-27/h1-8,14,17,19,28H,9-13H2/t17-,19?/m0/s1. The van der Waals surface area contributed by atoms with E-state index in [0.717, 1.165) is 12.0 Å². The number of likely N-dealkylation sites (tertiary alicyclic amines) is 1. The number of halogens is 1. The number of nitrogens with zero attached hydrogens (tertiary/aromatic N) is 5. The van der Waals surface area contributed by atoms with Crippen molar-refractivity contribution < 1.29 is 19.0 Å². The Kier molecular flexibility index (Phi) is 5.99. The van der Waals surface area contributed by atoms with Crippen LogP contribution in [-0.4, -0.2) is 61.9 Å². The highest BCUT2D eigenvalue weighted by Gasteiger charge is 2.28. The molecule has 1 N–H and O–H groups in total. The number of carbonyl (C=O) groups is 1. The molecule has 0 aliphatic carbocycles. The zero-order chi connectivity index (χ0) is 20.9. The monoisotopic (exact) mass is 411 g/mol. The molecule has 1 fully saturated rings. The molecule has 0 radical (unpaired) electrons. The number of carbonyl (C=O) groups excluding carboxylic acids is 1. The smallest absolute Gasteiger partial charge is 0.253 e. The second-order valence-electron chi connectivity index (χ2n) is 7.27. The predicted octanol–water partition coefficient (Wildman–Crippen LogP) is 1.88. The maximum atomic E-state index is 13.1. The van der Waals surface area contributed by atoms with Gasteiger partial charge in [0.2, 0.25) is 0 Å². The molecule has 9 heteroatoms. The van der Waals surface area contributed by atoms with Gasteiger partial charge in [-0.15, -0.1) is 10.2 Å². The first-order chi connectivity index (χ1) is 14.6. The fourth-order valence-corrected chi connectivity index (χ4v) is 3.53. The van der Waals surface area contributed by atoms with Gasteiger partial charge in [-0.05, 0) is 53.6 Å². The molecular weight excluding hydrogens is 389 g/mol. The van der Waals surface area contributed by atoms with Crippen LogP contribution < -0.4 is 4.74 Å². The molecule has 2 aromatic carbocycles. The summed E-state index contributed by atoms with van der Waals surface area (Å²) >= 11 is 0. The molecule has 3 aromatic rings. The normalized spacial score (nSPS) is 17.1. The van der Waals surface area contributed by atoms with Crippen LogP contribution in [0.4, 0.5) is 4.39 Å². The fourth-order valence-electron chi connectivity index (χ4n) is 3.53. The lowest BCUT2D eigenvalue weighted by atomic mass is 9.99. The summed E-state index contributed by atoms with van der Waals surface area (Å²) < 4.78 is 18.7. The molecule has 8 nitrogen and oxygen atoms in total. The topological polar surface area (TPSA) is 93.4 Å². The molecule has 1 amide bonds. The van der Waals surface area contributed by atoms with Crippen molar-refractivity contribution in [3.8, 4) is 5.75 Å². The van der Waals surface area contributed by atoms with E-state index in [2.05, 4.69) is 15.4 Å². The van der Waals surface area contributed by atoms with E-state index in [1.54, 1.807) is 36.4 Å². The summed E-state index contributed by atoms with van der Waals surface area (Å²) in [6.45, 7) is 1.54. The summed E-state index contributed by atoms with van der Waals surface area (Å²) in [5.74, 6) is 0.485. The number of benzene rings is 2. The Balaban J connectivity index is 1.29. The van der Waals surface area contributed by atoms with Crippen LogP contribution in [0.2, 0.25) is 0 Å². The first-order valence-corrected chi connectivity index (χ1v) is 9.75. The number of rotatable bonds is 7. The highest BCUT2D eigenvalue weighted by molar-refractivity contribution is 5.94. The second-order valence-corrected chi connectivity index (χ2v) is 7.27. The van der Waals surface area contributed by atoms with Gasteiger partial charge in [0.15, 0.2) is 6.33 Å². The van der Waals surface area contributed by atoms with Crippen LogP contribution in [0.3, 0.4) is 0 Å². The Bertz CT molecular complexity index is 963. The van der Waals surface area contributed by atoms with Gasteiger partial charge >= 0.3 is 0 Å². The number of aliphatic hydroxyl groups is 1. The van der Waals surface area contributed by atoms with Crippen molar-refractivity contribution in [1.29, 1.82) is 0 Å². The Hall–Kier alpha value is -3.33. The molecule has 0 saturated carbocycles. The average Bonchev–Trinajstić information content (AvgIpc) is 3.45. The van der Waals surface area contributed by atoms with Crippen LogP contribution in [0.1, 0.15) is 28.3 Å². The first kappa shape index (κ1) is 20.0. The number of tetrazole rings is 1. The van der Waals surface area contributed by atoms with Crippen LogP contribution in [0.25, 0.3) is 0 Å². The highest BCUT2D eigenvalue weighted by Crippen LogP contribution is 2.28. The zero-order valence-corrected chi connectivity index (χ0v) is 16.3. The maximum Gasteiger partial charge on any atom is 0.253 e. The Morgan fingerprint density at radius 1 is 1.20 bits per heavy atom. The number of aromatic nitrogens is 4. The molecule has 1 unspecified atom stereocenters. The quantitative estimate of drug-likeness (QED) is 0.638. The summed E-state index contributed by atoms with van der Waals surface area (Å²) in [5, 5.41) is 21.1. The molecule has 0 spiro atoms. The van der Waals surface area contributed by atoms with Crippen LogP contribution in [0.15, 0.2) is 54.9 Å². The van der Waals surface area contributed by atoms with Gasteiger partial charge in [-0.25, -0.2) is 4.39 Å². The van der Waals surface area contributed by atoms with Crippen molar-refractivity contribution in [2.24, 2.45) is 0 Å². The number of ether oxygens (including phenoxy) is 1. The van der Waals surface area contributed by atoms with Gasteiger partial charge < -0.3 is 14.7 Å². The molecule has 4 rings (SSSR count). The number of aliphatic hydroxyl groups excluding tert-OH is 1. The van der Waals surface area contributed by atoms with Crippen molar-refractivity contribution in [1.82, 2.24) is 25.1 Å². The third-order valence-corrected chi connectivity index (χ3v) is 5.13. The fraction of sp³-hybridized carbons (Fsp3) is 0.333. The molecule has 1 aliphatic heterocycles. The van der Waals surface area contributed by atoms with Crippen molar-refractivity contribution in [3.05, 3.63) is 71.8 Å². The maximum absolute atomic E-state index is 13.1. The summed E-state index contributed by atoms with van der Waals surface area (Å²) in [6, 6.07) is 13.3. The van der Waals surface area contributed by atoms with E-state index in [0.29, 0.717) is 24.4 Å². The molecular formula is C21H22FN5O3. The molecule has 0 bridgehead atoms. The van der Waals surface area contributed by atoms with Crippen molar-refractivity contribution in [2.45, 2.75) is 25.0 Å². The first-order valence-electron chi connectivity index (χ1n) is 9.75. The van der Waals surface area contributed by atoms with Crippen LogP contribution in [-0.2, 0) is 6.54 Å². The van der Waals surface area contributed by atoms with E-state index in [1.165, 1.54) is 23.3 Å². The molecule has 1 saturated heterocycles. The minimum absolute atomic E-state index is 0.0385. The highest BCUT2D eigenvalue weighted by atomic mass is 19.1. The summed E-state index contributed by atoms with van der Waals surface area (Å²) in [7, 11) is 0. The van der Waals surface area contributed by atoms with Crippen LogP contribution in [0.5, 0.6) is 5.75 Å². The van der Waals surface area contributed by atoms with Gasteiger partial charge in [0, 0.05) is 24.6 Å². The van der Waals surface area contributed by atoms with E-state index >= 15 is 0 Å². The summed E-state index contributed by atoms with van der Waals surface area (Å²) in [5.41, 5.74) is 1.63. The minimum atomic E-state index is -0.784. The molecule has 1 aromatic heterocycles. The van der Waals surface area contributed by atoms with Crippen molar-refractivity contribution in [2.75, 3.05) is 19.7 Å². The lowest BCUT2D eigenvalue weighted by Crippen LogP contribution is -2.28. The SMILES string of the molecule is O=C(c1ccc(OCC(O)Cn2ncnn2)cc1)N1CC[C@H](c2ccc(F)cc2)C1. The Morgan fingerprint density at radius 2 is 1.97 bits per heavy atom. The number of hydrogen-bond acceptors (Lipinski definition) is 6. The van der Waals surface area contributed by atoms with Gasteiger partial charge in [0.05, 0.1) is 6.54 Å². The van der Waals surface area contributed by atoms with Crippen molar-refractivity contribution >= 4 is 5.91 Å². The lowest BCUT2D eigenvalue weighted by Gasteiger charge is -2.17. The van der Waals surface area contributed by atoms with Crippen molar-refractivity contribution in [3.63, 3.8) is 0 Å². The van der Waals surface area contributed by atoms with E-state index < -0.39 is 6.10 Å². The number of amides is 1. The third kappa shape index (κ3) is 4.80. The molecule has 2 atom stereocenters. The van der Waals surface area contributed by atoms with E-state index in [9.17, 15) is 14.3 Å².